The Balaban J connectivity index is 2.12. The quantitative estimate of drug-likeness (QED) is 0.0615. The van der Waals surface area contributed by atoms with Crippen LogP contribution >= 0.6 is 0 Å². The second-order valence-corrected chi connectivity index (χ2v) is 12.9. The van der Waals surface area contributed by atoms with E-state index < -0.39 is 42.1 Å². The Bertz CT molecular complexity index is 1400. The molecule has 0 aliphatic rings. The molecule has 0 aliphatic carbocycles. The van der Waals surface area contributed by atoms with Crippen LogP contribution < -0.4 is 38.1 Å². The van der Waals surface area contributed by atoms with Crippen LogP contribution in [0.2, 0.25) is 0 Å². The summed E-state index contributed by atoms with van der Waals surface area (Å²) >= 11 is 0. The van der Waals surface area contributed by atoms with Crippen LogP contribution in [0.5, 0.6) is 0 Å². The molecule has 2 aromatic carbocycles. The average Bonchev–Trinajstić information content (AvgIpc) is 3.06. The Hall–Kier alpha value is -5.14. The third-order valence-electron chi connectivity index (χ3n) is 7.71. The van der Waals surface area contributed by atoms with Gasteiger partial charge in [0.1, 0.15) is 24.7 Å². The number of benzene rings is 2. The van der Waals surface area contributed by atoms with Gasteiger partial charge in [-0.05, 0) is 42.2 Å². The summed E-state index contributed by atoms with van der Waals surface area (Å²) in [6.07, 6.45) is 0.373. The van der Waals surface area contributed by atoms with E-state index in [2.05, 4.69) is 31.6 Å². The maximum atomic E-state index is 13.7. The predicted molar refractivity (Wildman–Crippen MR) is 192 cm³/mol. The molecule has 9 N–H and O–H groups in total. The molecular formula is C36H54N8O6. The fourth-order valence-electron chi connectivity index (χ4n) is 5.03. The molecule has 0 radical (unpaired) electrons. The van der Waals surface area contributed by atoms with Gasteiger partial charge in [-0.25, -0.2) is 4.79 Å². The van der Waals surface area contributed by atoms with Gasteiger partial charge in [-0.2, -0.15) is 0 Å². The van der Waals surface area contributed by atoms with Crippen LogP contribution in [0.1, 0.15) is 65.0 Å². The number of alkyl carbamates (subject to hydrolysis) is 1. The van der Waals surface area contributed by atoms with Gasteiger partial charge in [-0.15, -0.1) is 0 Å². The highest BCUT2D eigenvalue weighted by molar-refractivity contribution is 5.91. The Morgan fingerprint density at radius 1 is 0.740 bits per heavy atom. The minimum absolute atomic E-state index is 0.0122. The number of ether oxygens (including phenoxy) is 1. The zero-order chi connectivity index (χ0) is 37.1. The molecule has 0 saturated heterocycles. The van der Waals surface area contributed by atoms with E-state index in [1.807, 2.05) is 88.4 Å². The van der Waals surface area contributed by atoms with E-state index in [1.54, 1.807) is 0 Å². The van der Waals surface area contributed by atoms with Crippen molar-refractivity contribution in [3.05, 3.63) is 71.8 Å². The second kappa shape index (κ2) is 21.8. The van der Waals surface area contributed by atoms with Crippen molar-refractivity contribution < 1.29 is 28.7 Å². The zero-order valence-electron chi connectivity index (χ0n) is 29.7. The average molecular weight is 695 g/mol. The van der Waals surface area contributed by atoms with Gasteiger partial charge in [0, 0.05) is 32.5 Å². The first-order chi connectivity index (χ1) is 23.7. The minimum Gasteiger partial charge on any atom is -0.445 e. The van der Waals surface area contributed by atoms with Gasteiger partial charge in [-0.3, -0.25) is 24.2 Å². The van der Waals surface area contributed by atoms with Gasteiger partial charge in [0.25, 0.3) is 0 Å². The highest BCUT2D eigenvalue weighted by Crippen LogP contribution is 2.10. The fourth-order valence-corrected chi connectivity index (χ4v) is 5.03. The van der Waals surface area contributed by atoms with Crippen LogP contribution in [0.15, 0.2) is 65.7 Å². The minimum atomic E-state index is -1.04. The van der Waals surface area contributed by atoms with Gasteiger partial charge in [0.15, 0.2) is 5.96 Å². The van der Waals surface area contributed by atoms with Crippen LogP contribution in [-0.4, -0.2) is 72.9 Å². The van der Waals surface area contributed by atoms with Gasteiger partial charge in [0.05, 0.1) is 0 Å². The summed E-state index contributed by atoms with van der Waals surface area (Å²) in [5.41, 5.74) is 12.5. The van der Waals surface area contributed by atoms with Gasteiger partial charge >= 0.3 is 6.09 Å². The number of amides is 5. The number of hydrogen-bond donors (Lipinski definition) is 7. The summed E-state index contributed by atoms with van der Waals surface area (Å²) in [5, 5.41) is 14.0. The summed E-state index contributed by atoms with van der Waals surface area (Å²) in [7, 11) is 0. The van der Waals surface area contributed by atoms with Crippen molar-refractivity contribution in [2.45, 2.75) is 91.1 Å². The van der Waals surface area contributed by atoms with Gasteiger partial charge in [0.2, 0.25) is 23.6 Å². The number of hydrogen-bond acceptors (Lipinski definition) is 7. The topological polar surface area (TPSA) is 219 Å². The lowest BCUT2D eigenvalue weighted by molar-refractivity contribution is -0.131. The first kappa shape index (κ1) is 41.0. The maximum Gasteiger partial charge on any atom is 0.408 e. The summed E-state index contributed by atoms with van der Waals surface area (Å²) in [4.78, 5) is 69.0. The molecule has 0 bridgehead atoms. The van der Waals surface area contributed by atoms with E-state index in [1.165, 1.54) is 6.92 Å². The molecule has 0 aliphatic heterocycles. The third-order valence-corrected chi connectivity index (χ3v) is 7.71. The van der Waals surface area contributed by atoms with Crippen molar-refractivity contribution in [2.24, 2.45) is 28.3 Å². The SMILES string of the molecule is CC(=O)N[C@H](Cc1ccccc1)C(=O)NC[C@@H](NC(=O)[C@H](CC(C)C)NC(=O)[C@H](CCCN=C(N)N)NC(=O)OCc1ccccc1)C(C)C. The standard InChI is InChI=1S/C36H54N8O6/c1-23(2)19-29(42-33(47)28(17-12-18-39-35(37)38)44-36(49)50-22-27-15-10-7-11-16-27)34(48)43-31(24(3)4)21-40-32(46)30(41-25(5)45)20-26-13-8-6-9-14-26/h6-11,13-16,23-24,28-31H,12,17-22H2,1-5H3,(H,40,46)(H,41,45)(H,42,47)(H,43,48)(H,44,49)(H4,37,38,39)/t28-,29-,30+,31+/m0/s1. The molecule has 0 fully saturated rings. The number of carbonyl (C=O) groups excluding carboxylic acids is 5. The Labute approximate surface area is 294 Å². The highest BCUT2D eigenvalue weighted by Gasteiger charge is 2.30. The number of aliphatic imine (C=N–C) groups is 1. The number of nitrogens with zero attached hydrogens (tertiary/aromatic N) is 1. The molecule has 274 valence electrons. The first-order valence-corrected chi connectivity index (χ1v) is 17.0. The van der Waals surface area contributed by atoms with Crippen LogP contribution in [-0.2, 0) is 36.9 Å². The zero-order valence-corrected chi connectivity index (χ0v) is 29.7. The Morgan fingerprint density at radius 2 is 1.34 bits per heavy atom. The summed E-state index contributed by atoms with van der Waals surface area (Å²) in [5.74, 6) is -1.88. The smallest absolute Gasteiger partial charge is 0.408 e. The number of nitrogens with one attached hydrogen (secondary N) is 5. The lowest BCUT2D eigenvalue weighted by atomic mass is 9.99. The first-order valence-electron chi connectivity index (χ1n) is 17.0. The molecular weight excluding hydrogens is 640 g/mol. The largest absolute Gasteiger partial charge is 0.445 e. The van der Waals surface area contributed by atoms with E-state index in [-0.39, 0.29) is 55.7 Å². The highest BCUT2D eigenvalue weighted by atomic mass is 16.5. The molecule has 50 heavy (non-hydrogen) atoms. The molecule has 0 spiro atoms. The second-order valence-electron chi connectivity index (χ2n) is 12.9. The van der Waals surface area contributed by atoms with Crippen molar-refractivity contribution in [3.63, 3.8) is 0 Å². The number of guanidine groups is 1. The maximum absolute atomic E-state index is 13.7. The van der Waals surface area contributed by atoms with Crippen LogP contribution in [0, 0.1) is 11.8 Å². The Kier molecular flexibility index (Phi) is 17.9. The van der Waals surface area contributed by atoms with Crippen LogP contribution in [0.25, 0.3) is 0 Å². The lowest BCUT2D eigenvalue weighted by Crippen LogP contribution is -2.57. The van der Waals surface area contributed by atoms with Crippen LogP contribution in [0.3, 0.4) is 0 Å². The van der Waals surface area contributed by atoms with E-state index in [9.17, 15) is 24.0 Å². The van der Waals surface area contributed by atoms with E-state index >= 15 is 0 Å². The molecule has 14 heteroatoms. The van der Waals surface area contributed by atoms with E-state index in [0.29, 0.717) is 19.3 Å². The lowest BCUT2D eigenvalue weighted by Gasteiger charge is -2.28. The van der Waals surface area contributed by atoms with Gasteiger partial charge < -0.3 is 42.8 Å². The third kappa shape index (κ3) is 16.3. The molecule has 5 amide bonds. The molecule has 2 rings (SSSR count). The molecule has 2 aromatic rings. The molecule has 0 aromatic heterocycles. The molecule has 0 heterocycles. The van der Waals surface area contributed by atoms with Crippen molar-refractivity contribution >= 4 is 35.7 Å². The normalized spacial score (nSPS) is 13.3. The van der Waals surface area contributed by atoms with Crippen molar-refractivity contribution in [1.82, 2.24) is 26.6 Å². The molecule has 0 unspecified atom stereocenters. The molecule has 4 atom stereocenters. The Morgan fingerprint density at radius 3 is 1.90 bits per heavy atom. The van der Waals surface area contributed by atoms with Crippen molar-refractivity contribution in [1.29, 1.82) is 0 Å². The number of carbonyl (C=O) groups is 5. The summed E-state index contributed by atoms with van der Waals surface area (Å²) in [6, 6.07) is 15.2. The van der Waals surface area contributed by atoms with E-state index in [0.717, 1.165) is 11.1 Å². The summed E-state index contributed by atoms with van der Waals surface area (Å²) in [6.45, 7) is 9.35. The predicted octanol–water partition coefficient (Wildman–Crippen LogP) is 1.87. The molecule has 0 saturated carbocycles. The fraction of sp³-hybridized carbons (Fsp3) is 0.500. The summed E-state index contributed by atoms with van der Waals surface area (Å²) < 4.78 is 5.33. The van der Waals surface area contributed by atoms with Crippen LogP contribution in [0.4, 0.5) is 4.79 Å². The van der Waals surface area contributed by atoms with Crippen molar-refractivity contribution in [3.8, 4) is 0 Å². The number of nitrogens with two attached hydrogens (primary N) is 2. The number of rotatable bonds is 20. The monoisotopic (exact) mass is 694 g/mol. The molecule has 14 nitrogen and oxygen atoms in total. The van der Waals surface area contributed by atoms with Crippen molar-refractivity contribution in [2.75, 3.05) is 13.1 Å². The van der Waals surface area contributed by atoms with Gasteiger partial charge in [-0.1, -0.05) is 88.4 Å². The van der Waals surface area contributed by atoms with E-state index in [4.69, 9.17) is 16.2 Å².